The standard InChI is InChI=1S/C13H14FN3OS/c1-8-2-3-9(14)10(6-8)17-13(18)11-7-19-12(16-11)4-5-15/h2-3,6-7H,4-5,15H2,1H3,(H,17,18). The Balaban J connectivity index is 2.13. The number of aryl methyl sites for hydroxylation is 1. The summed E-state index contributed by atoms with van der Waals surface area (Å²) in [5, 5.41) is 4.97. The van der Waals surface area contributed by atoms with E-state index in [2.05, 4.69) is 10.3 Å². The number of rotatable bonds is 4. The van der Waals surface area contributed by atoms with Gasteiger partial charge in [0.15, 0.2) is 0 Å². The molecule has 0 aliphatic rings. The lowest BCUT2D eigenvalue weighted by molar-refractivity contribution is 0.102. The lowest BCUT2D eigenvalue weighted by Crippen LogP contribution is -2.14. The minimum Gasteiger partial charge on any atom is -0.330 e. The summed E-state index contributed by atoms with van der Waals surface area (Å²) in [6.45, 7) is 2.32. The van der Waals surface area contributed by atoms with Gasteiger partial charge in [0.2, 0.25) is 0 Å². The van der Waals surface area contributed by atoms with Crippen LogP contribution in [0.15, 0.2) is 23.6 Å². The highest BCUT2D eigenvalue weighted by Gasteiger charge is 2.12. The molecule has 0 bridgehead atoms. The molecular formula is C13H14FN3OS. The van der Waals surface area contributed by atoms with Crippen LogP contribution in [-0.2, 0) is 6.42 Å². The van der Waals surface area contributed by atoms with Crippen molar-refractivity contribution in [3.63, 3.8) is 0 Å². The molecule has 1 heterocycles. The number of aromatic nitrogens is 1. The Morgan fingerprint density at radius 1 is 1.53 bits per heavy atom. The zero-order chi connectivity index (χ0) is 13.8. The number of nitrogens with zero attached hydrogens (tertiary/aromatic N) is 1. The Labute approximate surface area is 114 Å². The smallest absolute Gasteiger partial charge is 0.275 e. The molecule has 1 aromatic heterocycles. The number of benzene rings is 1. The van der Waals surface area contributed by atoms with E-state index in [4.69, 9.17) is 5.73 Å². The number of halogens is 1. The van der Waals surface area contributed by atoms with Gasteiger partial charge in [-0.3, -0.25) is 4.79 Å². The second-order valence-corrected chi connectivity index (χ2v) is 5.05. The van der Waals surface area contributed by atoms with Crippen molar-refractivity contribution >= 4 is 22.9 Å². The summed E-state index contributed by atoms with van der Waals surface area (Å²) >= 11 is 1.37. The highest BCUT2D eigenvalue weighted by molar-refractivity contribution is 7.09. The van der Waals surface area contributed by atoms with Crippen LogP contribution < -0.4 is 11.1 Å². The predicted molar refractivity (Wildman–Crippen MR) is 74.0 cm³/mol. The van der Waals surface area contributed by atoms with Gasteiger partial charge in [0.05, 0.1) is 10.7 Å². The molecule has 4 nitrogen and oxygen atoms in total. The maximum atomic E-state index is 13.5. The summed E-state index contributed by atoms with van der Waals surface area (Å²) in [5.41, 5.74) is 6.75. The van der Waals surface area contributed by atoms with E-state index in [0.29, 0.717) is 13.0 Å². The van der Waals surface area contributed by atoms with Gasteiger partial charge in [-0.2, -0.15) is 0 Å². The topological polar surface area (TPSA) is 68.0 Å². The lowest BCUT2D eigenvalue weighted by atomic mass is 10.2. The molecule has 0 aliphatic heterocycles. The van der Waals surface area contributed by atoms with Crippen LogP contribution in [0.3, 0.4) is 0 Å². The molecule has 1 amide bonds. The summed E-state index contributed by atoms with van der Waals surface area (Å²) in [4.78, 5) is 16.1. The molecule has 6 heteroatoms. The van der Waals surface area contributed by atoms with Crippen molar-refractivity contribution in [2.45, 2.75) is 13.3 Å². The minimum atomic E-state index is -0.462. The summed E-state index contributed by atoms with van der Waals surface area (Å²) < 4.78 is 13.5. The SMILES string of the molecule is Cc1ccc(F)c(NC(=O)c2csc(CCN)n2)c1. The first-order valence-electron chi connectivity index (χ1n) is 5.82. The number of nitrogens with one attached hydrogen (secondary N) is 1. The van der Waals surface area contributed by atoms with Gasteiger partial charge >= 0.3 is 0 Å². The zero-order valence-electron chi connectivity index (χ0n) is 10.4. The molecule has 0 spiro atoms. The van der Waals surface area contributed by atoms with Gasteiger partial charge in [-0.1, -0.05) is 6.07 Å². The van der Waals surface area contributed by atoms with E-state index in [-0.39, 0.29) is 11.4 Å². The number of amides is 1. The van der Waals surface area contributed by atoms with E-state index in [1.165, 1.54) is 17.4 Å². The van der Waals surface area contributed by atoms with Crippen molar-refractivity contribution in [2.24, 2.45) is 5.73 Å². The van der Waals surface area contributed by atoms with Gasteiger partial charge in [-0.05, 0) is 31.2 Å². The summed E-state index contributed by atoms with van der Waals surface area (Å²) in [6, 6.07) is 4.55. The Kier molecular flexibility index (Phi) is 4.24. The molecule has 0 atom stereocenters. The molecular weight excluding hydrogens is 265 g/mol. The van der Waals surface area contributed by atoms with E-state index in [1.54, 1.807) is 17.5 Å². The van der Waals surface area contributed by atoms with Crippen molar-refractivity contribution in [2.75, 3.05) is 11.9 Å². The monoisotopic (exact) mass is 279 g/mol. The highest BCUT2D eigenvalue weighted by Crippen LogP contribution is 2.17. The summed E-state index contributed by atoms with van der Waals surface area (Å²) in [5.74, 6) is -0.875. The average Bonchev–Trinajstić information content (AvgIpc) is 2.83. The van der Waals surface area contributed by atoms with Gasteiger partial charge < -0.3 is 11.1 Å². The van der Waals surface area contributed by atoms with Gasteiger partial charge in [0.25, 0.3) is 5.91 Å². The van der Waals surface area contributed by atoms with Crippen LogP contribution in [0.1, 0.15) is 21.1 Å². The molecule has 0 saturated heterocycles. The number of thiazole rings is 1. The fraction of sp³-hybridized carbons (Fsp3) is 0.231. The van der Waals surface area contributed by atoms with E-state index < -0.39 is 11.7 Å². The summed E-state index contributed by atoms with van der Waals surface area (Å²) in [6.07, 6.45) is 0.636. The first-order valence-corrected chi connectivity index (χ1v) is 6.70. The molecule has 2 rings (SSSR count). The van der Waals surface area contributed by atoms with Crippen molar-refractivity contribution in [1.29, 1.82) is 0 Å². The first kappa shape index (κ1) is 13.6. The minimum absolute atomic E-state index is 0.165. The highest BCUT2D eigenvalue weighted by atomic mass is 32.1. The third kappa shape index (κ3) is 3.36. The van der Waals surface area contributed by atoms with Gasteiger partial charge in [-0.25, -0.2) is 9.37 Å². The van der Waals surface area contributed by atoms with Crippen LogP contribution >= 0.6 is 11.3 Å². The van der Waals surface area contributed by atoms with Crippen LogP contribution in [0.25, 0.3) is 0 Å². The third-order valence-corrected chi connectivity index (χ3v) is 3.42. The van der Waals surface area contributed by atoms with Crippen LogP contribution in [0.2, 0.25) is 0 Å². The number of anilines is 1. The molecule has 100 valence electrons. The molecule has 0 radical (unpaired) electrons. The average molecular weight is 279 g/mol. The van der Waals surface area contributed by atoms with Crippen LogP contribution in [0.4, 0.5) is 10.1 Å². The second-order valence-electron chi connectivity index (χ2n) is 4.10. The van der Waals surface area contributed by atoms with Crippen molar-refractivity contribution in [3.05, 3.63) is 45.7 Å². The van der Waals surface area contributed by atoms with Gasteiger partial charge in [-0.15, -0.1) is 11.3 Å². The van der Waals surface area contributed by atoms with Crippen LogP contribution in [0.5, 0.6) is 0 Å². The van der Waals surface area contributed by atoms with Crippen LogP contribution in [0, 0.1) is 12.7 Å². The molecule has 2 aromatic rings. The maximum absolute atomic E-state index is 13.5. The molecule has 0 saturated carbocycles. The summed E-state index contributed by atoms with van der Waals surface area (Å²) in [7, 11) is 0. The van der Waals surface area contributed by atoms with E-state index in [1.807, 2.05) is 6.92 Å². The fourth-order valence-corrected chi connectivity index (χ4v) is 2.37. The number of hydrogen-bond donors (Lipinski definition) is 2. The van der Waals surface area contributed by atoms with Crippen LogP contribution in [-0.4, -0.2) is 17.4 Å². The van der Waals surface area contributed by atoms with E-state index in [9.17, 15) is 9.18 Å². The molecule has 0 fully saturated rings. The van der Waals surface area contributed by atoms with Gasteiger partial charge in [0, 0.05) is 11.8 Å². The van der Waals surface area contributed by atoms with Crippen molar-refractivity contribution in [3.8, 4) is 0 Å². The van der Waals surface area contributed by atoms with Crippen molar-refractivity contribution < 1.29 is 9.18 Å². The normalized spacial score (nSPS) is 10.5. The molecule has 0 unspecified atom stereocenters. The Morgan fingerprint density at radius 3 is 3.05 bits per heavy atom. The lowest BCUT2D eigenvalue weighted by Gasteiger charge is -2.05. The van der Waals surface area contributed by atoms with E-state index in [0.717, 1.165) is 10.6 Å². The number of carbonyl (C=O) groups is 1. The number of nitrogens with two attached hydrogens (primary N) is 1. The Hall–Kier alpha value is -1.79. The number of hydrogen-bond acceptors (Lipinski definition) is 4. The fourth-order valence-electron chi connectivity index (χ4n) is 1.57. The largest absolute Gasteiger partial charge is 0.330 e. The molecule has 19 heavy (non-hydrogen) atoms. The molecule has 3 N–H and O–H groups in total. The Morgan fingerprint density at radius 2 is 2.32 bits per heavy atom. The third-order valence-electron chi connectivity index (χ3n) is 2.51. The van der Waals surface area contributed by atoms with Crippen molar-refractivity contribution in [1.82, 2.24) is 4.98 Å². The second kappa shape index (κ2) is 5.90. The van der Waals surface area contributed by atoms with E-state index >= 15 is 0 Å². The zero-order valence-corrected chi connectivity index (χ0v) is 11.3. The maximum Gasteiger partial charge on any atom is 0.275 e. The van der Waals surface area contributed by atoms with Gasteiger partial charge in [0.1, 0.15) is 11.5 Å². The quantitative estimate of drug-likeness (QED) is 0.902. The predicted octanol–water partition coefficient (Wildman–Crippen LogP) is 2.34. The Bertz CT molecular complexity index is 597. The number of carbonyl (C=O) groups excluding carboxylic acids is 1. The molecule has 1 aromatic carbocycles. The molecule has 0 aliphatic carbocycles. The first-order chi connectivity index (χ1) is 9.10.